The second-order valence-corrected chi connectivity index (χ2v) is 8.50. The summed E-state index contributed by atoms with van der Waals surface area (Å²) < 4.78 is 5.83. The Hall–Kier alpha value is -4.71. The van der Waals surface area contributed by atoms with Gasteiger partial charge in [0.15, 0.2) is 0 Å². The van der Waals surface area contributed by atoms with Crippen molar-refractivity contribution in [3.8, 4) is 5.75 Å². The maximum Gasteiger partial charge on any atom is 0.295 e. The Balaban J connectivity index is 1.47. The van der Waals surface area contributed by atoms with Crippen LogP contribution < -0.4 is 4.74 Å². The number of carbonyl (C=O) groups is 2. The highest BCUT2D eigenvalue weighted by molar-refractivity contribution is 6.46. The van der Waals surface area contributed by atoms with Gasteiger partial charge in [0.1, 0.15) is 18.1 Å². The molecule has 0 saturated carbocycles. The number of hydrogen-bond donors (Lipinski definition) is 1. The number of hydrogen-bond acceptors (Lipinski definition) is 5. The summed E-state index contributed by atoms with van der Waals surface area (Å²) >= 11 is 0. The molecule has 6 heteroatoms. The molecule has 0 radical (unpaired) electrons. The molecule has 1 amide bonds. The minimum Gasteiger partial charge on any atom is -0.507 e. The van der Waals surface area contributed by atoms with Crippen LogP contribution in [-0.4, -0.2) is 26.7 Å². The van der Waals surface area contributed by atoms with E-state index in [1.54, 1.807) is 42.7 Å². The van der Waals surface area contributed by atoms with Crippen molar-refractivity contribution < 1.29 is 19.4 Å². The molecule has 178 valence electrons. The number of amides is 1. The minimum absolute atomic E-state index is 0.0630. The van der Waals surface area contributed by atoms with Gasteiger partial charge in [-0.15, -0.1) is 0 Å². The smallest absolute Gasteiger partial charge is 0.295 e. The zero-order valence-corrected chi connectivity index (χ0v) is 19.5. The van der Waals surface area contributed by atoms with Gasteiger partial charge in [-0.25, -0.2) is 0 Å². The molecule has 1 fully saturated rings. The van der Waals surface area contributed by atoms with E-state index < -0.39 is 17.7 Å². The predicted octanol–water partition coefficient (Wildman–Crippen LogP) is 5.28. The van der Waals surface area contributed by atoms with Crippen LogP contribution in [0.3, 0.4) is 0 Å². The second-order valence-electron chi connectivity index (χ2n) is 8.50. The Morgan fingerprint density at radius 3 is 2.17 bits per heavy atom. The first-order chi connectivity index (χ1) is 17.6. The van der Waals surface area contributed by atoms with Gasteiger partial charge in [0.2, 0.25) is 0 Å². The van der Waals surface area contributed by atoms with Crippen LogP contribution in [-0.2, 0) is 22.7 Å². The number of aliphatic hydroxyl groups is 1. The number of aliphatic hydroxyl groups excluding tert-OH is 1. The maximum absolute atomic E-state index is 13.2. The summed E-state index contributed by atoms with van der Waals surface area (Å²) in [5.74, 6) is -0.954. The van der Waals surface area contributed by atoms with Crippen molar-refractivity contribution in [2.24, 2.45) is 0 Å². The van der Waals surface area contributed by atoms with Crippen molar-refractivity contribution in [1.29, 1.82) is 0 Å². The van der Waals surface area contributed by atoms with E-state index in [1.807, 2.05) is 66.7 Å². The summed E-state index contributed by atoms with van der Waals surface area (Å²) in [7, 11) is 0. The third-order valence-electron chi connectivity index (χ3n) is 6.11. The standard InChI is InChI=1S/C30H24N2O4/c33-28(24-13-15-25(16-14-24)36-20-21-8-3-1-4-9-21)26-27(23-11-5-2-6-12-23)32(30(35)29(26)34)19-22-10-7-17-31-18-22/h1-18,27,33H,19-20H2/t27-/m1/s1. The van der Waals surface area contributed by atoms with Crippen molar-refractivity contribution in [2.75, 3.05) is 0 Å². The summed E-state index contributed by atoms with van der Waals surface area (Å²) in [5, 5.41) is 11.2. The molecule has 3 aromatic carbocycles. The third-order valence-corrected chi connectivity index (χ3v) is 6.11. The monoisotopic (exact) mass is 476 g/mol. The summed E-state index contributed by atoms with van der Waals surface area (Å²) in [6.45, 7) is 0.612. The lowest BCUT2D eigenvalue weighted by Crippen LogP contribution is -2.29. The molecule has 0 unspecified atom stereocenters. The topological polar surface area (TPSA) is 79.7 Å². The van der Waals surface area contributed by atoms with Crippen LogP contribution in [0.4, 0.5) is 0 Å². The average Bonchev–Trinajstić information content (AvgIpc) is 3.18. The number of aromatic nitrogens is 1. The van der Waals surface area contributed by atoms with Crippen molar-refractivity contribution in [3.63, 3.8) is 0 Å². The first-order valence-electron chi connectivity index (χ1n) is 11.6. The van der Waals surface area contributed by atoms with Crippen LogP contribution in [0.25, 0.3) is 5.76 Å². The van der Waals surface area contributed by atoms with Crippen molar-refractivity contribution in [2.45, 2.75) is 19.2 Å². The number of nitrogens with zero attached hydrogens (tertiary/aromatic N) is 2. The number of Topliss-reactive ketones (excluding diaryl/α,β-unsaturated/α-hetero) is 1. The number of likely N-dealkylation sites (tertiary alicyclic amines) is 1. The second kappa shape index (κ2) is 10.3. The van der Waals surface area contributed by atoms with Gasteiger partial charge in [-0.2, -0.15) is 0 Å². The SMILES string of the molecule is O=C1C(=O)N(Cc2cccnc2)[C@H](c2ccccc2)C1=C(O)c1ccc(OCc2ccccc2)cc1. The fourth-order valence-electron chi connectivity index (χ4n) is 4.32. The van der Waals surface area contributed by atoms with Gasteiger partial charge in [0.05, 0.1) is 11.6 Å². The molecular formula is C30H24N2O4. The van der Waals surface area contributed by atoms with E-state index in [1.165, 1.54) is 4.90 Å². The quantitative estimate of drug-likeness (QED) is 0.223. The number of pyridine rings is 1. The first kappa shape index (κ1) is 23.1. The molecule has 1 aliphatic heterocycles. The van der Waals surface area contributed by atoms with Gasteiger partial charge in [-0.3, -0.25) is 14.6 Å². The molecule has 1 atom stereocenters. The minimum atomic E-state index is -0.722. The van der Waals surface area contributed by atoms with Gasteiger partial charge in [0.25, 0.3) is 11.7 Å². The van der Waals surface area contributed by atoms with Crippen molar-refractivity contribution in [1.82, 2.24) is 9.88 Å². The Morgan fingerprint density at radius 2 is 1.50 bits per heavy atom. The number of benzene rings is 3. The largest absolute Gasteiger partial charge is 0.507 e. The van der Waals surface area contributed by atoms with E-state index in [0.717, 1.165) is 16.7 Å². The Bertz CT molecular complexity index is 1390. The zero-order chi connectivity index (χ0) is 24.9. The molecule has 36 heavy (non-hydrogen) atoms. The van der Waals surface area contributed by atoms with E-state index >= 15 is 0 Å². The van der Waals surface area contributed by atoms with Gasteiger partial charge in [-0.1, -0.05) is 66.7 Å². The highest BCUT2D eigenvalue weighted by Gasteiger charge is 2.46. The Kier molecular flexibility index (Phi) is 6.58. The summed E-state index contributed by atoms with van der Waals surface area (Å²) in [5.41, 5.74) is 3.07. The van der Waals surface area contributed by atoms with E-state index in [4.69, 9.17) is 4.74 Å². The molecule has 1 aromatic heterocycles. The molecular weight excluding hydrogens is 452 g/mol. The molecule has 6 nitrogen and oxygen atoms in total. The first-order valence-corrected chi connectivity index (χ1v) is 11.6. The number of ether oxygens (including phenoxy) is 1. The van der Waals surface area contributed by atoms with Gasteiger partial charge < -0.3 is 14.7 Å². The van der Waals surface area contributed by atoms with Crippen molar-refractivity contribution >= 4 is 17.4 Å². The number of ketones is 1. The number of carbonyl (C=O) groups excluding carboxylic acids is 2. The van der Waals surface area contributed by atoms with Gasteiger partial charge >= 0.3 is 0 Å². The molecule has 2 heterocycles. The third kappa shape index (κ3) is 4.74. The fraction of sp³-hybridized carbons (Fsp3) is 0.100. The molecule has 0 bridgehead atoms. The molecule has 0 spiro atoms. The molecule has 4 aromatic rings. The van der Waals surface area contributed by atoms with E-state index in [-0.39, 0.29) is 17.9 Å². The van der Waals surface area contributed by atoms with E-state index in [9.17, 15) is 14.7 Å². The van der Waals surface area contributed by atoms with Crippen LogP contribution in [0.5, 0.6) is 5.75 Å². The van der Waals surface area contributed by atoms with Crippen LogP contribution in [0.2, 0.25) is 0 Å². The molecule has 1 aliphatic rings. The normalized spacial score (nSPS) is 16.8. The number of rotatable bonds is 7. The molecule has 1 N–H and O–H groups in total. The van der Waals surface area contributed by atoms with Crippen LogP contribution in [0, 0.1) is 0 Å². The zero-order valence-electron chi connectivity index (χ0n) is 19.5. The molecule has 5 rings (SSSR count). The summed E-state index contributed by atoms with van der Waals surface area (Å²) in [6.07, 6.45) is 3.31. The van der Waals surface area contributed by atoms with E-state index in [0.29, 0.717) is 17.9 Å². The summed E-state index contributed by atoms with van der Waals surface area (Å²) in [6, 6.07) is 28.8. The van der Waals surface area contributed by atoms with Crippen molar-refractivity contribution in [3.05, 3.63) is 137 Å². The van der Waals surface area contributed by atoms with Crippen LogP contribution in [0.15, 0.2) is 115 Å². The van der Waals surface area contributed by atoms with Crippen LogP contribution in [0.1, 0.15) is 28.3 Å². The highest BCUT2D eigenvalue weighted by atomic mass is 16.5. The lowest BCUT2D eigenvalue weighted by atomic mass is 9.95. The average molecular weight is 477 g/mol. The predicted molar refractivity (Wildman–Crippen MR) is 136 cm³/mol. The highest BCUT2D eigenvalue weighted by Crippen LogP contribution is 2.40. The lowest BCUT2D eigenvalue weighted by Gasteiger charge is -2.25. The fourth-order valence-corrected chi connectivity index (χ4v) is 4.32. The Morgan fingerprint density at radius 1 is 0.833 bits per heavy atom. The van der Waals surface area contributed by atoms with Gasteiger partial charge in [-0.05, 0) is 47.0 Å². The maximum atomic E-state index is 13.2. The van der Waals surface area contributed by atoms with Crippen LogP contribution >= 0.6 is 0 Å². The summed E-state index contributed by atoms with van der Waals surface area (Å²) in [4.78, 5) is 31.9. The Labute approximate surface area is 209 Å². The molecule has 1 saturated heterocycles. The van der Waals surface area contributed by atoms with E-state index in [2.05, 4.69) is 4.98 Å². The molecule has 0 aliphatic carbocycles. The lowest BCUT2D eigenvalue weighted by molar-refractivity contribution is -0.140. The van der Waals surface area contributed by atoms with Gasteiger partial charge in [0, 0.05) is 24.5 Å².